The minimum absolute atomic E-state index is 0.129. The van der Waals surface area contributed by atoms with E-state index < -0.39 is 5.60 Å². The van der Waals surface area contributed by atoms with Crippen molar-refractivity contribution in [3.8, 4) is 0 Å². The first-order chi connectivity index (χ1) is 9.08. The highest BCUT2D eigenvalue weighted by Gasteiger charge is 2.43. The van der Waals surface area contributed by atoms with Gasteiger partial charge in [0, 0.05) is 26.3 Å². The molecule has 2 aliphatic carbocycles. The van der Waals surface area contributed by atoms with Gasteiger partial charge in [0.1, 0.15) is 0 Å². The van der Waals surface area contributed by atoms with Gasteiger partial charge in [-0.2, -0.15) is 0 Å². The molecule has 2 rings (SSSR count). The molecule has 0 aromatic carbocycles. The van der Waals surface area contributed by atoms with Crippen LogP contribution in [0.25, 0.3) is 0 Å². The molecule has 5 atom stereocenters. The first-order valence-corrected chi connectivity index (χ1v) is 7.68. The van der Waals surface area contributed by atoms with E-state index in [-0.39, 0.29) is 12.2 Å². The maximum absolute atomic E-state index is 10.6. The third-order valence-electron chi connectivity index (χ3n) is 4.66. The van der Waals surface area contributed by atoms with E-state index in [0.717, 1.165) is 32.3 Å². The van der Waals surface area contributed by atoms with Crippen molar-refractivity contribution >= 4 is 0 Å². The number of nitrogens with one attached hydrogen (secondary N) is 1. The molecule has 0 spiro atoms. The van der Waals surface area contributed by atoms with Gasteiger partial charge in [-0.25, -0.2) is 0 Å². The van der Waals surface area contributed by atoms with Crippen LogP contribution in [-0.2, 0) is 9.47 Å². The summed E-state index contributed by atoms with van der Waals surface area (Å²) in [6.45, 7) is 5.66. The van der Waals surface area contributed by atoms with Crippen molar-refractivity contribution in [2.75, 3.05) is 20.3 Å². The molecule has 2 saturated carbocycles. The summed E-state index contributed by atoms with van der Waals surface area (Å²) in [5, 5.41) is 14.1. The van der Waals surface area contributed by atoms with Crippen LogP contribution in [0.15, 0.2) is 0 Å². The minimum Gasteiger partial charge on any atom is -0.389 e. The Bertz CT molecular complexity index is 287. The van der Waals surface area contributed by atoms with Gasteiger partial charge in [-0.15, -0.1) is 0 Å². The summed E-state index contributed by atoms with van der Waals surface area (Å²) in [7, 11) is 1.74. The largest absolute Gasteiger partial charge is 0.389 e. The van der Waals surface area contributed by atoms with Gasteiger partial charge in [-0.05, 0) is 32.1 Å². The van der Waals surface area contributed by atoms with Crippen LogP contribution in [0.5, 0.6) is 0 Å². The van der Waals surface area contributed by atoms with Crippen LogP contribution in [0.1, 0.15) is 46.0 Å². The highest BCUT2D eigenvalue weighted by molar-refractivity contribution is 4.99. The Hall–Kier alpha value is -0.160. The second-order valence-corrected chi connectivity index (χ2v) is 6.34. The molecule has 0 aromatic heterocycles. The number of rotatable bonds is 6. The van der Waals surface area contributed by atoms with Gasteiger partial charge in [0.25, 0.3) is 0 Å². The number of ether oxygens (including phenoxy) is 2. The Balaban J connectivity index is 1.76. The molecule has 0 amide bonds. The lowest BCUT2D eigenvalue weighted by Crippen LogP contribution is -2.62. The molecule has 0 heterocycles. The van der Waals surface area contributed by atoms with Crippen molar-refractivity contribution in [3.05, 3.63) is 0 Å². The van der Waals surface area contributed by atoms with Crippen LogP contribution in [0.3, 0.4) is 0 Å². The minimum atomic E-state index is -0.521. The quantitative estimate of drug-likeness (QED) is 0.772. The van der Waals surface area contributed by atoms with Gasteiger partial charge in [-0.1, -0.05) is 19.8 Å². The van der Waals surface area contributed by atoms with Crippen molar-refractivity contribution in [2.45, 2.75) is 69.8 Å². The van der Waals surface area contributed by atoms with Crippen LogP contribution in [0, 0.1) is 5.92 Å². The van der Waals surface area contributed by atoms with E-state index in [4.69, 9.17) is 9.47 Å². The molecule has 4 heteroatoms. The molecule has 0 radical (unpaired) electrons. The van der Waals surface area contributed by atoms with Gasteiger partial charge in [0.2, 0.25) is 0 Å². The van der Waals surface area contributed by atoms with Crippen molar-refractivity contribution in [2.24, 2.45) is 5.92 Å². The smallest absolute Gasteiger partial charge is 0.0986 e. The summed E-state index contributed by atoms with van der Waals surface area (Å²) in [5.74, 6) is 0.635. The molecule has 2 aliphatic rings. The lowest BCUT2D eigenvalue weighted by molar-refractivity contribution is -0.135. The van der Waals surface area contributed by atoms with Crippen LogP contribution in [-0.4, -0.2) is 49.2 Å². The molecule has 2 N–H and O–H groups in total. The summed E-state index contributed by atoms with van der Waals surface area (Å²) < 4.78 is 11.1. The van der Waals surface area contributed by atoms with E-state index in [1.807, 2.05) is 6.92 Å². The maximum Gasteiger partial charge on any atom is 0.0986 e. The van der Waals surface area contributed by atoms with Gasteiger partial charge in [0.15, 0.2) is 0 Å². The molecular weight excluding hydrogens is 242 g/mol. The van der Waals surface area contributed by atoms with Crippen LogP contribution in [0.2, 0.25) is 0 Å². The average molecular weight is 271 g/mol. The first-order valence-electron chi connectivity index (χ1n) is 7.68. The van der Waals surface area contributed by atoms with E-state index in [9.17, 15) is 5.11 Å². The molecule has 0 bridgehead atoms. The second kappa shape index (κ2) is 6.53. The van der Waals surface area contributed by atoms with E-state index in [1.165, 1.54) is 6.42 Å². The lowest BCUT2D eigenvalue weighted by Gasteiger charge is -2.45. The van der Waals surface area contributed by atoms with Crippen molar-refractivity contribution < 1.29 is 14.6 Å². The average Bonchev–Trinajstić information content (AvgIpc) is 2.33. The highest BCUT2D eigenvalue weighted by Crippen LogP contribution is 2.33. The van der Waals surface area contributed by atoms with Crippen LogP contribution in [0.4, 0.5) is 0 Å². The zero-order chi connectivity index (χ0) is 13.9. The van der Waals surface area contributed by atoms with E-state index in [2.05, 4.69) is 12.2 Å². The Morgan fingerprint density at radius 2 is 2.21 bits per heavy atom. The Morgan fingerprint density at radius 3 is 2.84 bits per heavy atom. The van der Waals surface area contributed by atoms with Gasteiger partial charge < -0.3 is 19.9 Å². The predicted octanol–water partition coefficient (Wildman–Crippen LogP) is 1.71. The topological polar surface area (TPSA) is 50.7 Å². The monoisotopic (exact) mass is 271 g/mol. The maximum atomic E-state index is 10.6. The third kappa shape index (κ3) is 3.69. The van der Waals surface area contributed by atoms with E-state index in [0.29, 0.717) is 18.5 Å². The fourth-order valence-corrected chi connectivity index (χ4v) is 3.59. The number of methoxy groups -OCH3 is 1. The Labute approximate surface area is 116 Å². The standard InChI is InChI=1S/C15H29NO3/c1-4-19-13-8-12(14(13)18-3)16-10-15(17)7-5-6-11(2)9-15/h11-14,16-17H,4-10H2,1-3H3. The Morgan fingerprint density at radius 1 is 1.42 bits per heavy atom. The summed E-state index contributed by atoms with van der Waals surface area (Å²) in [5.41, 5.74) is -0.521. The molecule has 0 saturated heterocycles. The SMILES string of the molecule is CCOC1CC(NCC2(O)CCCC(C)C2)C1OC. The molecular formula is C15H29NO3. The van der Waals surface area contributed by atoms with E-state index >= 15 is 0 Å². The summed E-state index contributed by atoms with van der Waals surface area (Å²) >= 11 is 0. The molecule has 4 nitrogen and oxygen atoms in total. The third-order valence-corrected chi connectivity index (χ3v) is 4.66. The van der Waals surface area contributed by atoms with Crippen molar-refractivity contribution in [1.82, 2.24) is 5.32 Å². The number of hydrogen-bond donors (Lipinski definition) is 2. The molecule has 19 heavy (non-hydrogen) atoms. The Kier molecular flexibility index (Phi) is 5.23. The summed E-state index contributed by atoms with van der Waals surface area (Å²) in [6, 6.07) is 0.322. The van der Waals surface area contributed by atoms with Crippen molar-refractivity contribution in [1.29, 1.82) is 0 Å². The summed E-state index contributed by atoms with van der Waals surface area (Å²) in [6.07, 6.45) is 5.55. The lowest BCUT2D eigenvalue weighted by atomic mass is 9.78. The zero-order valence-electron chi connectivity index (χ0n) is 12.5. The number of aliphatic hydroxyl groups is 1. The first kappa shape index (κ1) is 15.2. The fraction of sp³-hybridized carbons (Fsp3) is 1.00. The molecule has 0 aromatic rings. The fourth-order valence-electron chi connectivity index (χ4n) is 3.59. The van der Waals surface area contributed by atoms with Crippen molar-refractivity contribution in [3.63, 3.8) is 0 Å². The van der Waals surface area contributed by atoms with Gasteiger partial charge >= 0.3 is 0 Å². The normalized spacial score (nSPS) is 42.9. The molecule has 112 valence electrons. The summed E-state index contributed by atoms with van der Waals surface area (Å²) in [4.78, 5) is 0. The van der Waals surface area contributed by atoms with Crippen LogP contribution < -0.4 is 5.32 Å². The predicted molar refractivity (Wildman–Crippen MR) is 75.2 cm³/mol. The second-order valence-electron chi connectivity index (χ2n) is 6.34. The zero-order valence-corrected chi connectivity index (χ0v) is 12.5. The molecule has 5 unspecified atom stereocenters. The van der Waals surface area contributed by atoms with Crippen LogP contribution >= 0.6 is 0 Å². The highest BCUT2D eigenvalue weighted by atomic mass is 16.5. The number of hydrogen-bond acceptors (Lipinski definition) is 4. The van der Waals surface area contributed by atoms with Gasteiger partial charge in [0.05, 0.1) is 17.8 Å². The van der Waals surface area contributed by atoms with E-state index in [1.54, 1.807) is 7.11 Å². The molecule has 0 aliphatic heterocycles. The van der Waals surface area contributed by atoms with Gasteiger partial charge in [-0.3, -0.25) is 0 Å². The molecule has 2 fully saturated rings.